The number of likely N-dealkylation sites (N-methyl/N-ethyl adjacent to an activating group) is 1. The van der Waals surface area contributed by atoms with Crippen LogP contribution in [0.3, 0.4) is 0 Å². The molecule has 1 N–H and O–H groups in total. The van der Waals surface area contributed by atoms with E-state index in [4.69, 9.17) is 9.57 Å². The zero-order valence-corrected chi connectivity index (χ0v) is 14.2. The Morgan fingerprint density at radius 2 is 2.12 bits per heavy atom. The van der Waals surface area contributed by atoms with Crippen molar-refractivity contribution in [3.05, 3.63) is 47.5 Å². The molecule has 1 aliphatic heterocycles. The second-order valence-corrected chi connectivity index (χ2v) is 5.60. The number of ether oxygens (including phenoxy) is 1. The summed E-state index contributed by atoms with van der Waals surface area (Å²) in [4.78, 5) is 30.0. The van der Waals surface area contributed by atoms with Crippen LogP contribution in [0, 0.1) is 0 Å². The number of benzene rings is 1. The van der Waals surface area contributed by atoms with Crippen LogP contribution in [0.5, 0.6) is 0 Å². The molecule has 0 spiro atoms. The Hall–Kier alpha value is -2.18. The van der Waals surface area contributed by atoms with Crippen LogP contribution >= 0.6 is 0 Å². The van der Waals surface area contributed by atoms with Crippen LogP contribution in [0.1, 0.15) is 35.2 Å². The van der Waals surface area contributed by atoms with Crippen molar-refractivity contribution in [1.82, 2.24) is 10.4 Å². The van der Waals surface area contributed by atoms with E-state index in [1.54, 1.807) is 12.1 Å². The molecule has 24 heavy (non-hydrogen) atoms. The molecule has 1 aromatic carbocycles. The summed E-state index contributed by atoms with van der Waals surface area (Å²) in [7, 11) is 2.95. The van der Waals surface area contributed by atoms with Crippen LogP contribution in [-0.4, -0.2) is 43.7 Å². The first-order chi connectivity index (χ1) is 11.6. The lowest BCUT2D eigenvalue weighted by molar-refractivity contribution is -0.170. The highest BCUT2D eigenvalue weighted by Gasteiger charge is 2.24. The summed E-state index contributed by atoms with van der Waals surface area (Å²) >= 11 is 0. The Morgan fingerprint density at radius 1 is 1.33 bits per heavy atom. The van der Waals surface area contributed by atoms with Gasteiger partial charge in [0.1, 0.15) is 6.04 Å². The van der Waals surface area contributed by atoms with Gasteiger partial charge in [-0.15, -0.1) is 0 Å². The third kappa shape index (κ3) is 4.91. The molecule has 1 aromatic rings. The summed E-state index contributed by atoms with van der Waals surface area (Å²) in [5, 5.41) is 3.94. The maximum atomic E-state index is 12.6. The van der Waals surface area contributed by atoms with Crippen LogP contribution in [-0.2, 0) is 21.0 Å². The van der Waals surface area contributed by atoms with E-state index in [1.807, 2.05) is 24.3 Å². The van der Waals surface area contributed by atoms with Crippen molar-refractivity contribution >= 4 is 11.8 Å². The lowest BCUT2D eigenvalue weighted by Gasteiger charge is -2.22. The van der Waals surface area contributed by atoms with Gasteiger partial charge in [0.15, 0.2) is 0 Å². The van der Waals surface area contributed by atoms with Gasteiger partial charge in [0.05, 0.1) is 13.7 Å². The molecule has 0 fully saturated rings. The van der Waals surface area contributed by atoms with Crippen molar-refractivity contribution in [1.29, 1.82) is 0 Å². The first-order valence-corrected chi connectivity index (χ1v) is 8.06. The van der Waals surface area contributed by atoms with Crippen molar-refractivity contribution < 1.29 is 19.2 Å². The highest BCUT2D eigenvalue weighted by atomic mass is 16.7. The fraction of sp³-hybridized carbons (Fsp3) is 0.444. The molecule has 1 heterocycles. The number of fused-ring (bicyclic) bond motifs is 1. The van der Waals surface area contributed by atoms with E-state index in [-0.39, 0.29) is 11.8 Å². The lowest BCUT2D eigenvalue weighted by Crippen LogP contribution is -2.47. The molecule has 1 atom stereocenters. The minimum atomic E-state index is -0.673. The Labute approximate surface area is 142 Å². The van der Waals surface area contributed by atoms with E-state index in [0.717, 1.165) is 23.5 Å². The number of hydrogen-bond acceptors (Lipinski definition) is 4. The van der Waals surface area contributed by atoms with Gasteiger partial charge < -0.3 is 10.1 Å². The summed E-state index contributed by atoms with van der Waals surface area (Å²) in [5.41, 5.74) is 1.34. The largest absolute Gasteiger partial charge is 0.377 e. The SMILES string of the molecule is CON(C)C(=O)C1C/C=C\CCCOCc2ccccc2C(=O)N1. The average molecular weight is 332 g/mol. The highest BCUT2D eigenvalue weighted by Crippen LogP contribution is 2.13. The van der Waals surface area contributed by atoms with Crippen molar-refractivity contribution in [2.75, 3.05) is 20.8 Å². The Bertz CT molecular complexity index is 600. The number of hydrogen-bond donors (Lipinski definition) is 1. The van der Waals surface area contributed by atoms with Crippen LogP contribution < -0.4 is 5.32 Å². The van der Waals surface area contributed by atoms with Crippen molar-refractivity contribution in [2.24, 2.45) is 0 Å². The predicted molar refractivity (Wildman–Crippen MR) is 90.1 cm³/mol. The Balaban J connectivity index is 2.25. The summed E-state index contributed by atoms with van der Waals surface area (Å²) < 4.78 is 5.64. The van der Waals surface area contributed by atoms with E-state index in [2.05, 4.69) is 5.32 Å². The number of hydroxylamine groups is 2. The highest BCUT2D eigenvalue weighted by molar-refractivity contribution is 5.98. The molecule has 6 nitrogen and oxygen atoms in total. The fourth-order valence-corrected chi connectivity index (χ4v) is 2.47. The van der Waals surface area contributed by atoms with Crippen molar-refractivity contribution in [2.45, 2.75) is 31.9 Å². The minimum absolute atomic E-state index is 0.287. The topological polar surface area (TPSA) is 67.9 Å². The first kappa shape index (κ1) is 18.2. The van der Waals surface area contributed by atoms with Gasteiger partial charge in [0.25, 0.3) is 11.8 Å². The van der Waals surface area contributed by atoms with E-state index >= 15 is 0 Å². The lowest BCUT2D eigenvalue weighted by atomic mass is 10.1. The Kier molecular flexibility index (Phi) is 6.96. The molecule has 0 bridgehead atoms. The molecule has 0 saturated carbocycles. The molecule has 0 aromatic heterocycles. The predicted octanol–water partition coefficient (Wildman–Crippen LogP) is 2.06. The molecule has 0 aliphatic carbocycles. The first-order valence-electron chi connectivity index (χ1n) is 8.06. The number of allylic oxidation sites excluding steroid dienone is 1. The molecule has 1 aliphatic rings. The van der Waals surface area contributed by atoms with Gasteiger partial charge in [-0.05, 0) is 30.9 Å². The van der Waals surface area contributed by atoms with Gasteiger partial charge in [-0.2, -0.15) is 0 Å². The Morgan fingerprint density at radius 3 is 2.92 bits per heavy atom. The van der Waals surface area contributed by atoms with Crippen LogP contribution in [0.15, 0.2) is 36.4 Å². The van der Waals surface area contributed by atoms with Crippen LogP contribution in [0.25, 0.3) is 0 Å². The minimum Gasteiger partial charge on any atom is -0.377 e. The standard InChI is InChI=1S/C18H24N2O4/c1-20(23-2)18(22)16-11-5-3-4-8-12-24-13-14-9-6-7-10-15(14)17(21)19-16/h3,5-7,9-10,16H,4,8,11-13H2,1-2H3,(H,19,21)/b5-3-. The average Bonchev–Trinajstić information content (AvgIpc) is 2.62. The zero-order valence-electron chi connectivity index (χ0n) is 14.2. The molecular weight excluding hydrogens is 308 g/mol. The van der Waals surface area contributed by atoms with Gasteiger partial charge in [-0.3, -0.25) is 14.4 Å². The van der Waals surface area contributed by atoms with Gasteiger partial charge in [0.2, 0.25) is 0 Å². The number of nitrogens with one attached hydrogen (secondary N) is 1. The van der Waals surface area contributed by atoms with Gasteiger partial charge >= 0.3 is 0 Å². The summed E-state index contributed by atoms with van der Waals surface area (Å²) in [6.07, 6.45) is 6.11. The van der Waals surface area contributed by atoms with Crippen molar-refractivity contribution in [3.63, 3.8) is 0 Å². The number of rotatable bonds is 2. The molecule has 6 heteroatoms. The van der Waals surface area contributed by atoms with E-state index in [0.29, 0.717) is 25.2 Å². The maximum Gasteiger partial charge on any atom is 0.268 e. The smallest absolute Gasteiger partial charge is 0.268 e. The van der Waals surface area contributed by atoms with Gasteiger partial charge in [-0.1, -0.05) is 30.4 Å². The van der Waals surface area contributed by atoms with Crippen molar-refractivity contribution in [3.8, 4) is 0 Å². The number of amides is 2. The molecule has 130 valence electrons. The van der Waals surface area contributed by atoms with Crippen LogP contribution in [0.2, 0.25) is 0 Å². The second-order valence-electron chi connectivity index (χ2n) is 5.60. The fourth-order valence-electron chi connectivity index (χ4n) is 2.47. The normalized spacial score (nSPS) is 20.6. The van der Waals surface area contributed by atoms with E-state index in [9.17, 15) is 9.59 Å². The summed E-state index contributed by atoms with van der Waals surface area (Å²) in [5.74, 6) is -0.580. The molecule has 1 unspecified atom stereocenters. The number of nitrogens with zero attached hydrogens (tertiary/aromatic N) is 1. The maximum absolute atomic E-state index is 12.6. The molecule has 0 saturated heterocycles. The number of carbonyl (C=O) groups is 2. The zero-order chi connectivity index (χ0) is 17.4. The van der Waals surface area contributed by atoms with Crippen LogP contribution in [0.4, 0.5) is 0 Å². The molecular formula is C18H24N2O4. The summed E-state index contributed by atoms with van der Waals surface area (Å²) in [6, 6.07) is 6.61. The quantitative estimate of drug-likeness (QED) is 0.665. The third-order valence-electron chi connectivity index (χ3n) is 3.91. The monoisotopic (exact) mass is 332 g/mol. The molecule has 2 amide bonds. The summed E-state index contributed by atoms with van der Waals surface area (Å²) in [6.45, 7) is 1.01. The molecule has 2 rings (SSSR count). The second kappa shape index (κ2) is 9.20. The number of carbonyl (C=O) groups excluding carboxylic acids is 2. The van der Waals surface area contributed by atoms with E-state index in [1.165, 1.54) is 14.2 Å². The van der Waals surface area contributed by atoms with Gasteiger partial charge in [-0.25, -0.2) is 5.06 Å². The third-order valence-corrected chi connectivity index (χ3v) is 3.91. The van der Waals surface area contributed by atoms with Gasteiger partial charge in [0, 0.05) is 19.2 Å². The van der Waals surface area contributed by atoms with E-state index < -0.39 is 6.04 Å². The molecule has 0 radical (unpaired) electrons.